The lowest BCUT2D eigenvalue weighted by Gasteiger charge is -2.58. The molecule has 4 aliphatic rings. The van der Waals surface area contributed by atoms with Gasteiger partial charge in [-0.15, -0.1) is 0 Å². The van der Waals surface area contributed by atoms with Crippen LogP contribution in [0.5, 0.6) is 5.75 Å². The van der Waals surface area contributed by atoms with Crippen LogP contribution in [0.4, 0.5) is 0 Å². The van der Waals surface area contributed by atoms with Gasteiger partial charge in [-0.25, -0.2) is 4.79 Å². The molecular weight excluding hydrogens is 705 g/mol. The summed E-state index contributed by atoms with van der Waals surface area (Å²) in [7, 11) is 0. The predicted molar refractivity (Wildman–Crippen MR) is 233 cm³/mol. The van der Waals surface area contributed by atoms with Crippen molar-refractivity contribution < 1.29 is 23.8 Å². The Morgan fingerprint density at radius 3 is 2.21 bits per heavy atom. The van der Waals surface area contributed by atoms with Crippen LogP contribution in [0.25, 0.3) is 11.1 Å². The van der Waals surface area contributed by atoms with Crippen LogP contribution in [0, 0.1) is 46.3 Å². The number of hydrogen-bond donors (Lipinski definition) is 0. The number of carbonyl (C=O) groups excluding carboxylic acids is 2. The van der Waals surface area contributed by atoms with Crippen molar-refractivity contribution in [3.8, 4) is 16.9 Å². The fraction of sp³-hybridized carbons (Fsp3) is 0.692. The van der Waals surface area contributed by atoms with Gasteiger partial charge in [0.05, 0.1) is 18.8 Å². The summed E-state index contributed by atoms with van der Waals surface area (Å²) in [6, 6.07) is 15.7. The molecule has 4 aliphatic carbocycles. The molecule has 2 aromatic carbocycles. The van der Waals surface area contributed by atoms with Gasteiger partial charge in [0.25, 0.3) is 0 Å². The molecule has 6 rings (SSSR count). The molecule has 5 heteroatoms. The summed E-state index contributed by atoms with van der Waals surface area (Å²) in [4.78, 5) is 25.3. The van der Waals surface area contributed by atoms with Gasteiger partial charge in [-0.05, 0) is 152 Å². The highest BCUT2D eigenvalue weighted by atomic mass is 16.5. The van der Waals surface area contributed by atoms with Crippen molar-refractivity contribution in [3.05, 3.63) is 65.7 Å². The molecule has 0 aliphatic heterocycles. The van der Waals surface area contributed by atoms with E-state index in [0.717, 1.165) is 104 Å². The maximum absolute atomic E-state index is 13.0. The number of unbranched alkanes of at least 4 members (excludes halogenated alkanes) is 5. The first-order chi connectivity index (χ1) is 27.5. The zero-order valence-electron chi connectivity index (χ0n) is 36.6. The molecule has 0 aromatic heterocycles. The lowest BCUT2D eigenvalue weighted by molar-refractivity contribution is -0.151. The van der Waals surface area contributed by atoms with Crippen LogP contribution < -0.4 is 4.74 Å². The van der Waals surface area contributed by atoms with E-state index in [4.69, 9.17) is 14.2 Å². The highest BCUT2D eigenvalue weighted by Gasteiger charge is 2.59. The van der Waals surface area contributed by atoms with Crippen LogP contribution in [0.15, 0.2) is 60.2 Å². The molecule has 0 N–H and O–H groups in total. The largest absolute Gasteiger partial charge is 0.494 e. The average Bonchev–Trinajstić information content (AvgIpc) is 3.56. The Morgan fingerprint density at radius 2 is 1.47 bits per heavy atom. The van der Waals surface area contributed by atoms with Crippen LogP contribution in [0.2, 0.25) is 0 Å². The van der Waals surface area contributed by atoms with E-state index >= 15 is 0 Å². The maximum Gasteiger partial charge on any atom is 0.338 e. The van der Waals surface area contributed by atoms with E-state index in [-0.39, 0.29) is 23.5 Å². The fourth-order valence-electron chi connectivity index (χ4n) is 12.1. The van der Waals surface area contributed by atoms with Gasteiger partial charge in [0, 0.05) is 12.8 Å². The van der Waals surface area contributed by atoms with Crippen molar-refractivity contribution in [2.75, 3.05) is 13.2 Å². The fourth-order valence-corrected chi connectivity index (χ4v) is 12.1. The topological polar surface area (TPSA) is 61.8 Å². The van der Waals surface area contributed by atoms with Gasteiger partial charge in [-0.3, -0.25) is 4.79 Å². The average molecular weight is 781 g/mol. The number of benzene rings is 2. The normalized spacial score (nSPS) is 28.5. The third-order valence-corrected chi connectivity index (χ3v) is 15.4. The second-order valence-corrected chi connectivity index (χ2v) is 19.6. The molecule has 3 saturated carbocycles. The van der Waals surface area contributed by atoms with E-state index < -0.39 is 0 Å². The lowest BCUT2D eigenvalue weighted by Crippen LogP contribution is -2.51. The molecule has 1 unspecified atom stereocenters. The molecule has 5 nitrogen and oxygen atoms in total. The molecule has 314 valence electrons. The smallest absolute Gasteiger partial charge is 0.338 e. The third-order valence-electron chi connectivity index (χ3n) is 15.4. The second-order valence-electron chi connectivity index (χ2n) is 19.6. The first-order valence-electron chi connectivity index (χ1n) is 23.4. The highest BCUT2D eigenvalue weighted by molar-refractivity contribution is 5.90. The molecule has 0 saturated heterocycles. The van der Waals surface area contributed by atoms with E-state index in [1.165, 1.54) is 64.2 Å². The van der Waals surface area contributed by atoms with Gasteiger partial charge in [0.15, 0.2) is 0 Å². The van der Waals surface area contributed by atoms with Crippen molar-refractivity contribution >= 4 is 11.9 Å². The van der Waals surface area contributed by atoms with Crippen LogP contribution in [-0.2, 0) is 14.3 Å². The lowest BCUT2D eigenvalue weighted by atomic mass is 9.47. The molecule has 0 heterocycles. The van der Waals surface area contributed by atoms with E-state index in [9.17, 15) is 9.59 Å². The quantitative estimate of drug-likeness (QED) is 0.0761. The van der Waals surface area contributed by atoms with Crippen molar-refractivity contribution in [2.24, 2.45) is 46.3 Å². The maximum atomic E-state index is 13.0. The predicted octanol–water partition coefficient (Wildman–Crippen LogP) is 14.0. The first-order valence-corrected chi connectivity index (χ1v) is 23.4. The van der Waals surface area contributed by atoms with Crippen LogP contribution in [-0.4, -0.2) is 31.3 Å². The van der Waals surface area contributed by atoms with Gasteiger partial charge < -0.3 is 14.2 Å². The van der Waals surface area contributed by atoms with Gasteiger partial charge in [0.1, 0.15) is 11.9 Å². The van der Waals surface area contributed by atoms with Gasteiger partial charge in [0.2, 0.25) is 0 Å². The number of allylic oxidation sites excluding steroid dienone is 1. The van der Waals surface area contributed by atoms with Crippen molar-refractivity contribution in [3.63, 3.8) is 0 Å². The number of hydrogen-bond acceptors (Lipinski definition) is 5. The Labute approximate surface area is 346 Å². The van der Waals surface area contributed by atoms with E-state index in [2.05, 4.69) is 47.6 Å². The van der Waals surface area contributed by atoms with Crippen molar-refractivity contribution in [1.82, 2.24) is 0 Å². The number of ether oxygens (including phenoxy) is 3. The Bertz CT molecular complexity index is 1610. The van der Waals surface area contributed by atoms with Crippen molar-refractivity contribution in [1.29, 1.82) is 0 Å². The molecule has 57 heavy (non-hydrogen) atoms. The van der Waals surface area contributed by atoms with Gasteiger partial charge in [-0.1, -0.05) is 116 Å². The molecule has 0 spiro atoms. The summed E-state index contributed by atoms with van der Waals surface area (Å²) >= 11 is 0. The summed E-state index contributed by atoms with van der Waals surface area (Å²) in [5.41, 5.74) is 5.10. The Hall–Kier alpha value is -3.08. The standard InChI is InChI=1S/C52H76O5/c1-7-8-9-12-35-56-50(54)41-20-18-39(19-21-41)40-22-25-43(26-23-40)55-34-13-10-11-17-49(53)57-44-30-32-51(5)42(36-44)24-27-45-47-29-28-46(38(4)16-14-15-37(2)3)52(47,6)33-31-48(45)51/h18-26,37-38,44-48H,7-17,27-36H2,1-6H3/t38-,44?,45+,46-,47+,48+,51+,52-/m1/s1. The monoisotopic (exact) mass is 781 g/mol. The van der Waals surface area contributed by atoms with E-state index in [1.54, 1.807) is 5.57 Å². The minimum Gasteiger partial charge on any atom is -0.494 e. The molecule has 2 aromatic rings. The number of fused-ring (bicyclic) bond motifs is 5. The summed E-state index contributed by atoms with van der Waals surface area (Å²) in [5, 5.41) is 0. The molecule has 8 atom stereocenters. The number of esters is 2. The summed E-state index contributed by atoms with van der Waals surface area (Å²) in [5.74, 6) is 5.62. The van der Waals surface area contributed by atoms with Crippen LogP contribution >= 0.6 is 0 Å². The zero-order chi connectivity index (χ0) is 40.4. The third kappa shape index (κ3) is 10.8. The van der Waals surface area contributed by atoms with Crippen molar-refractivity contribution in [2.45, 2.75) is 170 Å². The van der Waals surface area contributed by atoms with Crippen LogP contribution in [0.3, 0.4) is 0 Å². The minimum atomic E-state index is -0.258. The van der Waals surface area contributed by atoms with Gasteiger partial charge in [-0.2, -0.15) is 0 Å². The van der Waals surface area contributed by atoms with E-state index in [1.807, 2.05) is 48.5 Å². The molecular formula is C52H76O5. The Morgan fingerprint density at radius 1 is 0.754 bits per heavy atom. The summed E-state index contributed by atoms with van der Waals surface area (Å²) in [6.45, 7) is 15.8. The zero-order valence-corrected chi connectivity index (χ0v) is 36.6. The summed E-state index contributed by atoms with van der Waals surface area (Å²) < 4.78 is 17.6. The number of carbonyl (C=O) groups is 2. The highest BCUT2D eigenvalue weighted by Crippen LogP contribution is 2.67. The summed E-state index contributed by atoms with van der Waals surface area (Å²) in [6.07, 6.45) is 24.4. The Balaban J connectivity index is 0.873. The molecule has 3 fully saturated rings. The SMILES string of the molecule is CCCCCCOC(=O)c1ccc(-c2ccc(OCCCCCC(=O)OC3CC[C@@]4(C)C(=CC[C@H]5[C@@H]6CC[C@H]([C@H](C)CCCC(C)C)[C@@]6(C)CC[C@@H]54)C3)cc2)cc1. The van der Waals surface area contributed by atoms with Gasteiger partial charge >= 0.3 is 11.9 Å². The molecule has 0 amide bonds. The number of rotatable bonds is 20. The second kappa shape index (κ2) is 20.3. The van der Waals surface area contributed by atoms with Crippen LogP contribution in [0.1, 0.15) is 174 Å². The Kier molecular flexibility index (Phi) is 15.5. The molecule has 0 radical (unpaired) electrons. The minimum absolute atomic E-state index is 0.0327. The molecule has 0 bridgehead atoms. The first kappa shape index (κ1) is 43.5. The van der Waals surface area contributed by atoms with E-state index in [0.29, 0.717) is 30.6 Å².